The first kappa shape index (κ1) is 16.0. The third kappa shape index (κ3) is 6.59. The summed E-state index contributed by atoms with van der Waals surface area (Å²) in [5, 5.41) is 0. The number of ether oxygens (including phenoxy) is 1. The third-order valence-electron chi connectivity index (χ3n) is 2.61. The maximum absolute atomic E-state index is 11.9. The highest BCUT2D eigenvalue weighted by Crippen LogP contribution is 2.17. The Balaban J connectivity index is 2.46. The van der Waals surface area contributed by atoms with Gasteiger partial charge in [0.25, 0.3) is 0 Å². The number of halogens is 3. The lowest BCUT2D eigenvalue weighted by Crippen LogP contribution is -2.23. The second-order valence-electron chi connectivity index (χ2n) is 5.08. The molecule has 1 aromatic carbocycles. The molecule has 1 rings (SSSR count). The SMILES string of the molecule is CC(C)Cc1ccc(C(N)COCC(F)(F)F)cc1. The van der Waals surface area contributed by atoms with E-state index in [9.17, 15) is 13.2 Å². The molecule has 2 nitrogen and oxygen atoms in total. The fraction of sp³-hybridized carbons (Fsp3) is 0.571. The van der Waals surface area contributed by atoms with Crippen LogP contribution in [0.15, 0.2) is 24.3 Å². The van der Waals surface area contributed by atoms with Gasteiger partial charge < -0.3 is 10.5 Å². The lowest BCUT2D eigenvalue weighted by atomic mass is 10.00. The molecule has 1 aromatic rings. The molecule has 19 heavy (non-hydrogen) atoms. The van der Waals surface area contributed by atoms with Crippen LogP contribution in [0.25, 0.3) is 0 Å². The average Bonchev–Trinajstić information content (AvgIpc) is 2.27. The summed E-state index contributed by atoms with van der Waals surface area (Å²) in [7, 11) is 0. The number of alkyl halides is 3. The molecule has 0 fully saturated rings. The smallest absolute Gasteiger partial charge is 0.370 e. The Hall–Kier alpha value is -1.07. The third-order valence-corrected chi connectivity index (χ3v) is 2.61. The molecule has 0 saturated carbocycles. The molecule has 0 radical (unpaired) electrons. The Labute approximate surface area is 111 Å². The van der Waals surface area contributed by atoms with Crippen LogP contribution in [0.1, 0.15) is 31.0 Å². The molecule has 0 spiro atoms. The molecule has 2 N–H and O–H groups in total. The van der Waals surface area contributed by atoms with Crippen molar-refractivity contribution in [2.75, 3.05) is 13.2 Å². The quantitative estimate of drug-likeness (QED) is 0.863. The number of rotatable bonds is 6. The van der Waals surface area contributed by atoms with Gasteiger partial charge in [-0.1, -0.05) is 38.1 Å². The van der Waals surface area contributed by atoms with E-state index in [0.717, 1.165) is 12.0 Å². The maximum atomic E-state index is 11.9. The van der Waals surface area contributed by atoms with Gasteiger partial charge in [0, 0.05) is 0 Å². The first-order valence-electron chi connectivity index (χ1n) is 6.27. The van der Waals surface area contributed by atoms with Crippen molar-refractivity contribution >= 4 is 0 Å². The van der Waals surface area contributed by atoms with E-state index >= 15 is 0 Å². The van der Waals surface area contributed by atoms with Crippen LogP contribution in [0.3, 0.4) is 0 Å². The largest absolute Gasteiger partial charge is 0.411 e. The van der Waals surface area contributed by atoms with Crippen molar-refractivity contribution in [1.82, 2.24) is 0 Å². The number of hydrogen-bond acceptors (Lipinski definition) is 2. The zero-order valence-corrected chi connectivity index (χ0v) is 11.2. The van der Waals surface area contributed by atoms with Crippen LogP contribution in [0, 0.1) is 5.92 Å². The summed E-state index contributed by atoms with van der Waals surface area (Å²) in [6.07, 6.45) is -3.33. The molecule has 1 unspecified atom stereocenters. The molecule has 0 aliphatic heterocycles. The number of hydrogen-bond donors (Lipinski definition) is 1. The van der Waals surface area contributed by atoms with E-state index in [1.165, 1.54) is 5.56 Å². The highest BCUT2D eigenvalue weighted by atomic mass is 19.4. The van der Waals surface area contributed by atoms with Crippen molar-refractivity contribution in [3.63, 3.8) is 0 Å². The second-order valence-corrected chi connectivity index (χ2v) is 5.08. The van der Waals surface area contributed by atoms with Gasteiger partial charge in [0.05, 0.1) is 12.6 Å². The lowest BCUT2D eigenvalue weighted by molar-refractivity contribution is -0.174. The van der Waals surface area contributed by atoms with Gasteiger partial charge in [0.15, 0.2) is 0 Å². The normalized spacial score (nSPS) is 13.8. The predicted molar refractivity (Wildman–Crippen MR) is 68.8 cm³/mol. The van der Waals surface area contributed by atoms with E-state index in [1.54, 1.807) is 0 Å². The van der Waals surface area contributed by atoms with Crippen molar-refractivity contribution in [3.8, 4) is 0 Å². The molecule has 0 amide bonds. The monoisotopic (exact) mass is 275 g/mol. The van der Waals surface area contributed by atoms with Gasteiger partial charge in [-0.2, -0.15) is 13.2 Å². The summed E-state index contributed by atoms with van der Waals surface area (Å²) in [5.41, 5.74) is 7.77. The summed E-state index contributed by atoms with van der Waals surface area (Å²) < 4.78 is 40.3. The summed E-state index contributed by atoms with van der Waals surface area (Å²) in [6.45, 7) is 2.87. The van der Waals surface area contributed by atoms with Crippen LogP contribution in [0.2, 0.25) is 0 Å². The molecule has 0 aromatic heterocycles. The Kier molecular flexibility index (Phi) is 5.82. The fourth-order valence-electron chi connectivity index (χ4n) is 1.77. The molecule has 0 aliphatic rings. The van der Waals surface area contributed by atoms with Gasteiger partial charge in [-0.3, -0.25) is 0 Å². The minimum absolute atomic E-state index is 0.136. The summed E-state index contributed by atoms with van der Waals surface area (Å²) >= 11 is 0. The summed E-state index contributed by atoms with van der Waals surface area (Å²) in [4.78, 5) is 0. The Morgan fingerprint density at radius 1 is 1.16 bits per heavy atom. The van der Waals surface area contributed by atoms with E-state index in [4.69, 9.17) is 5.73 Å². The van der Waals surface area contributed by atoms with Crippen LogP contribution in [-0.2, 0) is 11.2 Å². The predicted octanol–water partition coefficient (Wildman–Crippen LogP) is 3.46. The van der Waals surface area contributed by atoms with Gasteiger partial charge in [-0.05, 0) is 23.5 Å². The summed E-state index contributed by atoms with van der Waals surface area (Å²) in [5.74, 6) is 0.564. The average molecular weight is 275 g/mol. The van der Waals surface area contributed by atoms with E-state index in [2.05, 4.69) is 18.6 Å². The highest BCUT2D eigenvalue weighted by Gasteiger charge is 2.27. The van der Waals surface area contributed by atoms with Gasteiger partial charge in [-0.15, -0.1) is 0 Å². The lowest BCUT2D eigenvalue weighted by Gasteiger charge is -2.14. The Morgan fingerprint density at radius 2 is 1.74 bits per heavy atom. The van der Waals surface area contributed by atoms with Gasteiger partial charge in [0.2, 0.25) is 0 Å². The van der Waals surface area contributed by atoms with Crippen LogP contribution < -0.4 is 5.73 Å². The van der Waals surface area contributed by atoms with Crippen molar-refractivity contribution in [3.05, 3.63) is 35.4 Å². The molecule has 0 saturated heterocycles. The molecular formula is C14H20F3NO. The maximum Gasteiger partial charge on any atom is 0.411 e. The highest BCUT2D eigenvalue weighted by molar-refractivity contribution is 5.25. The first-order chi connectivity index (χ1) is 8.78. The first-order valence-corrected chi connectivity index (χ1v) is 6.27. The van der Waals surface area contributed by atoms with Crippen LogP contribution >= 0.6 is 0 Å². The topological polar surface area (TPSA) is 35.2 Å². The number of benzene rings is 1. The van der Waals surface area contributed by atoms with E-state index in [0.29, 0.717) is 5.92 Å². The second kappa shape index (κ2) is 6.91. The van der Waals surface area contributed by atoms with Gasteiger partial charge in [-0.25, -0.2) is 0 Å². The van der Waals surface area contributed by atoms with E-state index < -0.39 is 18.8 Å². The molecular weight excluding hydrogens is 255 g/mol. The minimum atomic E-state index is -4.30. The molecule has 0 heterocycles. The molecule has 108 valence electrons. The Bertz CT molecular complexity index is 373. The van der Waals surface area contributed by atoms with Crippen LogP contribution in [-0.4, -0.2) is 19.4 Å². The van der Waals surface area contributed by atoms with Crippen LogP contribution in [0.5, 0.6) is 0 Å². The minimum Gasteiger partial charge on any atom is -0.370 e. The molecule has 0 bridgehead atoms. The fourth-order valence-corrected chi connectivity index (χ4v) is 1.77. The van der Waals surface area contributed by atoms with Crippen LogP contribution in [0.4, 0.5) is 13.2 Å². The zero-order valence-electron chi connectivity index (χ0n) is 11.2. The molecule has 5 heteroatoms. The zero-order chi connectivity index (χ0) is 14.5. The summed E-state index contributed by atoms with van der Waals surface area (Å²) in [6, 6.07) is 7.08. The molecule has 1 atom stereocenters. The van der Waals surface area contributed by atoms with Crippen molar-refractivity contribution in [2.24, 2.45) is 11.7 Å². The van der Waals surface area contributed by atoms with E-state index in [-0.39, 0.29) is 6.61 Å². The van der Waals surface area contributed by atoms with Crippen molar-refractivity contribution in [1.29, 1.82) is 0 Å². The van der Waals surface area contributed by atoms with Crippen molar-refractivity contribution < 1.29 is 17.9 Å². The van der Waals surface area contributed by atoms with Gasteiger partial charge in [0.1, 0.15) is 6.61 Å². The van der Waals surface area contributed by atoms with E-state index in [1.807, 2.05) is 24.3 Å². The number of nitrogens with two attached hydrogens (primary N) is 1. The van der Waals surface area contributed by atoms with Crippen molar-refractivity contribution in [2.45, 2.75) is 32.5 Å². The standard InChI is InChI=1S/C14H20F3NO/c1-10(2)7-11-3-5-12(6-4-11)13(18)8-19-9-14(15,16)17/h3-6,10,13H,7-9,18H2,1-2H3. The Morgan fingerprint density at radius 3 is 2.21 bits per heavy atom. The molecule has 0 aliphatic carbocycles. The van der Waals surface area contributed by atoms with Gasteiger partial charge >= 0.3 is 6.18 Å².